The molecule has 9 heteroatoms. The van der Waals surface area contributed by atoms with Crippen LogP contribution in [0.25, 0.3) is 0 Å². The average molecular weight is 488 g/mol. The van der Waals surface area contributed by atoms with Crippen molar-refractivity contribution < 1.29 is 27.8 Å². The summed E-state index contributed by atoms with van der Waals surface area (Å²) < 4.78 is 37.8. The Morgan fingerprint density at radius 1 is 1.06 bits per heavy atom. The number of benzene rings is 3. The smallest absolute Gasteiger partial charge is 0.407 e. The Balaban J connectivity index is 1.58. The quantitative estimate of drug-likeness (QED) is 0.537. The fourth-order valence-electron chi connectivity index (χ4n) is 3.69. The molecule has 1 heterocycles. The van der Waals surface area contributed by atoms with Crippen molar-refractivity contribution in [1.82, 2.24) is 4.90 Å². The molecule has 0 atom stereocenters. The van der Waals surface area contributed by atoms with Gasteiger partial charge in [-0.2, -0.15) is 0 Å². The summed E-state index contributed by atoms with van der Waals surface area (Å²) in [4.78, 5) is 12.7. The lowest BCUT2D eigenvalue weighted by Gasteiger charge is -2.27. The van der Waals surface area contributed by atoms with Crippen molar-refractivity contribution in [3.63, 3.8) is 0 Å². The summed E-state index contributed by atoms with van der Waals surface area (Å²) in [7, 11) is -2.47. The van der Waals surface area contributed by atoms with Crippen LogP contribution in [0.3, 0.4) is 0 Å². The molecule has 3 aromatic rings. The minimum absolute atomic E-state index is 0.0150. The molecular weight excluding hydrogens is 466 g/mol. The number of halogens is 1. The number of sulfone groups is 1. The number of nitrogens with zero attached hydrogens (tertiary/aromatic N) is 1. The summed E-state index contributed by atoms with van der Waals surface area (Å²) in [6.45, 7) is 0.768. The molecule has 4 rings (SSSR count). The van der Waals surface area contributed by atoms with E-state index in [1.165, 1.54) is 30.2 Å². The van der Waals surface area contributed by atoms with Crippen molar-refractivity contribution >= 4 is 27.5 Å². The van der Waals surface area contributed by atoms with E-state index in [1.54, 1.807) is 42.5 Å². The van der Waals surface area contributed by atoms with Gasteiger partial charge >= 0.3 is 6.09 Å². The van der Waals surface area contributed by atoms with E-state index < -0.39 is 15.9 Å². The van der Waals surface area contributed by atoms with Crippen LogP contribution in [0.15, 0.2) is 70.5 Å². The number of ether oxygens (including phenoxy) is 2. The number of carbonyl (C=O) groups is 1. The van der Waals surface area contributed by atoms with E-state index >= 15 is 0 Å². The fourth-order valence-corrected chi connectivity index (χ4v) is 5.27. The van der Waals surface area contributed by atoms with Crippen LogP contribution in [0.5, 0.6) is 11.5 Å². The normalized spacial score (nSPS) is 13.3. The summed E-state index contributed by atoms with van der Waals surface area (Å²) in [5.41, 5.74) is 2.35. The molecule has 0 spiro atoms. The van der Waals surface area contributed by atoms with Crippen LogP contribution in [0, 0.1) is 0 Å². The third-order valence-electron chi connectivity index (χ3n) is 5.51. The first-order valence-electron chi connectivity index (χ1n) is 10.2. The molecule has 7 nitrogen and oxygen atoms in total. The number of fused-ring (bicyclic) bond motifs is 1. The second kappa shape index (κ2) is 9.33. The molecule has 1 aliphatic rings. The van der Waals surface area contributed by atoms with Crippen molar-refractivity contribution in [1.29, 1.82) is 0 Å². The van der Waals surface area contributed by atoms with Crippen LogP contribution in [-0.4, -0.2) is 38.2 Å². The summed E-state index contributed by atoms with van der Waals surface area (Å²) in [6.07, 6.45) is -0.530. The SMILES string of the molecule is COc1cc2c(cc1S(=O)(=O)c1ccc(COc3ccc(Cl)cc3)cc1)CN(C(=O)O)CC2. The maximum absolute atomic E-state index is 13.4. The van der Waals surface area contributed by atoms with E-state index in [0.29, 0.717) is 29.3 Å². The van der Waals surface area contributed by atoms with Gasteiger partial charge in [-0.3, -0.25) is 0 Å². The fraction of sp³-hybridized carbons (Fsp3) is 0.208. The molecule has 0 saturated heterocycles. The molecule has 1 N–H and O–H groups in total. The Morgan fingerprint density at radius 3 is 2.39 bits per heavy atom. The van der Waals surface area contributed by atoms with Crippen LogP contribution in [0.2, 0.25) is 5.02 Å². The summed E-state index contributed by atoms with van der Waals surface area (Å²) in [5, 5.41) is 9.91. The number of methoxy groups -OCH3 is 1. The molecule has 3 aromatic carbocycles. The minimum atomic E-state index is -3.89. The Labute approximate surface area is 197 Å². The van der Waals surface area contributed by atoms with Gasteiger partial charge in [0.1, 0.15) is 23.0 Å². The molecular formula is C24H22ClNO6S. The highest BCUT2D eigenvalue weighted by Gasteiger charge is 2.27. The van der Waals surface area contributed by atoms with Crippen LogP contribution >= 0.6 is 11.6 Å². The summed E-state index contributed by atoms with van der Waals surface area (Å²) in [6, 6.07) is 16.6. The Bertz CT molecular complexity index is 1270. The first-order chi connectivity index (χ1) is 15.8. The highest BCUT2D eigenvalue weighted by Crippen LogP contribution is 2.34. The van der Waals surface area contributed by atoms with Crippen LogP contribution in [-0.2, 0) is 29.4 Å². The van der Waals surface area contributed by atoms with Gasteiger partial charge in [-0.25, -0.2) is 13.2 Å². The van der Waals surface area contributed by atoms with E-state index in [9.17, 15) is 18.3 Å². The van der Waals surface area contributed by atoms with E-state index in [4.69, 9.17) is 21.1 Å². The van der Waals surface area contributed by atoms with Gasteiger partial charge in [-0.1, -0.05) is 23.7 Å². The third kappa shape index (κ3) is 4.91. The Morgan fingerprint density at radius 2 is 1.76 bits per heavy atom. The maximum Gasteiger partial charge on any atom is 0.407 e. The molecule has 0 aliphatic carbocycles. The van der Waals surface area contributed by atoms with Crippen LogP contribution < -0.4 is 9.47 Å². The molecule has 0 fully saturated rings. The van der Waals surface area contributed by atoms with Gasteiger partial charge in [0.25, 0.3) is 0 Å². The predicted molar refractivity (Wildman–Crippen MR) is 123 cm³/mol. The molecule has 0 bridgehead atoms. The van der Waals surface area contributed by atoms with E-state index in [-0.39, 0.29) is 28.7 Å². The standard InChI is InChI=1S/C24H22ClNO6S/c1-31-22-12-17-10-11-26(24(27)28)14-18(17)13-23(22)33(29,30)21-8-2-16(3-9-21)15-32-20-6-4-19(25)5-7-20/h2-9,12-13H,10-11,14-15H2,1H3,(H,27,28). The molecule has 0 unspecified atom stereocenters. The zero-order chi connectivity index (χ0) is 23.6. The number of carboxylic acid groups (broad SMARTS) is 1. The van der Waals surface area contributed by atoms with Gasteiger partial charge < -0.3 is 19.5 Å². The molecule has 172 valence electrons. The highest BCUT2D eigenvalue weighted by atomic mass is 35.5. The molecule has 1 aliphatic heterocycles. The third-order valence-corrected chi connectivity index (χ3v) is 7.55. The Hall–Kier alpha value is -3.23. The summed E-state index contributed by atoms with van der Waals surface area (Å²) in [5.74, 6) is 0.901. The van der Waals surface area contributed by atoms with E-state index in [0.717, 1.165) is 11.1 Å². The van der Waals surface area contributed by atoms with Gasteiger partial charge in [-0.05, 0) is 71.6 Å². The van der Waals surface area contributed by atoms with Crippen LogP contribution in [0.4, 0.5) is 4.79 Å². The van der Waals surface area contributed by atoms with Crippen LogP contribution in [0.1, 0.15) is 16.7 Å². The molecule has 1 amide bonds. The van der Waals surface area contributed by atoms with Gasteiger partial charge in [-0.15, -0.1) is 0 Å². The Kier molecular flexibility index (Phi) is 6.49. The van der Waals surface area contributed by atoms with Crippen molar-refractivity contribution in [2.24, 2.45) is 0 Å². The van der Waals surface area contributed by atoms with Crippen molar-refractivity contribution in [3.8, 4) is 11.5 Å². The van der Waals surface area contributed by atoms with Gasteiger partial charge in [0.15, 0.2) is 0 Å². The van der Waals surface area contributed by atoms with Gasteiger partial charge in [0.05, 0.1) is 12.0 Å². The van der Waals surface area contributed by atoms with Crippen molar-refractivity contribution in [2.45, 2.75) is 29.4 Å². The first kappa shape index (κ1) is 22.9. The van der Waals surface area contributed by atoms with Gasteiger partial charge in [0, 0.05) is 18.1 Å². The zero-order valence-electron chi connectivity index (χ0n) is 17.8. The van der Waals surface area contributed by atoms with Crippen molar-refractivity contribution in [2.75, 3.05) is 13.7 Å². The second-order valence-electron chi connectivity index (χ2n) is 7.62. The monoisotopic (exact) mass is 487 g/mol. The molecule has 0 radical (unpaired) electrons. The first-order valence-corrected chi connectivity index (χ1v) is 12.0. The molecule has 0 aromatic heterocycles. The zero-order valence-corrected chi connectivity index (χ0v) is 19.4. The lowest BCUT2D eigenvalue weighted by Crippen LogP contribution is -2.34. The largest absolute Gasteiger partial charge is 0.495 e. The van der Waals surface area contributed by atoms with Gasteiger partial charge in [0.2, 0.25) is 9.84 Å². The number of rotatable bonds is 6. The molecule has 0 saturated carbocycles. The number of hydrogen-bond donors (Lipinski definition) is 1. The lowest BCUT2D eigenvalue weighted by atomic mass is 10.00. The maximum atomic E-state index is 13.4. The summed E-state index contributed by atoms with van der Waals surface area (Å²) >= 11 is 5.87. The lowest BCUT2D eigenvalue weighted by molar-refractivity contribution is 0.140. The minimum Gasteiger partial charge on any atom is -0.495 e. The van der Waals surface area contributed by atoms with Crippen molar-refractivity contribution in [3.05, 3.63) is 82.4 Å². The topological polar surface area (TPSA) is 93.1 Å². The second-order valence-corrected chi connectivity index (χ2v) is 9.97. The molecule has 33 heavy (non-hydrogen) atoms. The predicted octanol–water partition coefficient (Wildman–Crippen LogP) is 4.80. The van der Waals surface area contributed by atoms with E-state index in [2.05, 4.69) is 0 Å². The number of amides is 1. The highest BCUT2D eigenvalue weighted by molar-refractivity contribution is 7.91. The average Bonchev–Trinajstić information content (AvgIpc) is 2.82. The van der Waals surface area contributed by atoms with E-state index in [1.807, 2.05) is 0 Å². The number of hydrogen-bond acceptors (Lipinski definition) is 5.